The number of hydrogen-bond acceptors (Lipinski definition) is 5. The second kappa shape index (κ2) is 15.3. The zero-order valence-corrected chi connectivity index (χ0v) is 32.6. The number of halogens is 2. The number of aryl methyl sites for hydroxylation is 2. The number of rotatable bonds is 15. The van der Waals surface area contributed by atoms with E-state index in [-0.39, 0.29) is 11.6 Å². The SMILES string of the molecule is CCCCC(CC)Cc1sc(-c2c3cc(-c4ccc(C)s4)sc3c(-c3cc(F)c(CC(CC)CCCC)s3)c3cc(C)sc23)cc1F. The molecule has 0 spiro atoms. The molecule has 250 valence electrons. The van der Waals surface area contributed by atoms with Gasteiger partial charge >= 0.3 is 0 Å². The summed E-state index contributed by atoms with van der Waals surface area (Å²) in [5.41, 5.74) is 2.29. The minimum atomic E-state index is -0.0681. The largest absolute Gasteiger partial charge is 0.206 e. The van der Waals surface area contributed by atoms with E-state index in [1.807, 2.05) is 22.7 Å². The van der Waals surface area contributed by atoms with Gasteiger partial charge in [0.05, 0.1) is 0 Å². The first-order valence-electron chi connectivity index (χ1n) is 17.4. The molecule has 0 radical (unpaired) electrons. The molecule has 0 N–H and O–H groups in total. The van der Waals surface area contributed by atoms with Crippen LogP contribution in [0.2, 0.25) is 0 Å². The molecule has 6 rings (SSSR count). The van der Waals surface area contributed by atoms with Gasteiger partial charge in [-0.05, 0) is 74.9 Å². The molecule has 0 saturated carbocycles. The summed E-state index contributed by atoms with van der Waals surface area (Å²) in [4.78, 5) is 8.76. The van der Waals surface area contributed by atoms with Crippen molar-refractivity contribution >= 4 is 76.9 Å². The maximum Gasteiger partial charge on any atom is 0.137 e. The Morgan fingerprint density at radius 2 is 1.09 bits per heavy atom. The van der Waals surface area contributed by atoms with E-state index in [2.05, 4.69) is 65.8 Å². The van der Waals surface area contributed by atoms with E-state index in [9.17, 15) is 0 Å². The van der Waals surface area contributed by atoms with E-state index in [0.717, 1.165) is 74.5 Å². The first-order chi connectivity index (χ1) is 22.7. The minimum absolute atomic E-state index is 0.0681. The first-order valence-corrected chi connectivity index (χ1v) is 21.5. The van der Waals surface area contributed by atoms with Crippen LogP contribution in [-0.2, 0) is 12.8 Å². The van der Waals surface area contributed by atoms with E-state index in [0.29, 0.717) is 11.8 Å². The highest BCUT2D eigenvalue weighted by Gasteiger charge is 2.26. The van der Waals surface area contributed by atoms with Crippen molar-refractivity contribution in [2.75, 3.05) is 0 Å². The lowest BCUT2D eigenvalue weighted by molar-refractivity contribution is 0.444. The first kappa shape index (κ1) is 34.9. The summed E-state index contributed by atoms with van der Waals surface area (Å²) in [7, 11) is 0. The standard InChI is InChI=1S/C40H46F2S5/c1-7-11-13-25(9-3)18-32-29(41)21-35(45-32)37-27-17-24(6)44-39(27)38(28-20-34(47-40(28)37)31-16-15-23(5)43-31)36-22-30(42)33(46-36)19-26(10-4)14-12-8-2/h15-17,20-22,25-26H,7-14,18-19H2,1-6H3. The number of benzene rings is 1. The van der Waals surface area contributed by atoms with Crippen molar-refractivity contribution in [2.45, 2.75) is 106 Å². The third-order valence-electron chi connectivity index (χ3n) is 9.61. The van der Waals surface area contributed by atoms with Gasteiger partial charge in [0, 0.05) is 70.3 Å². The number of unbranched alkanes of at least 4 members (excludes halogenated alkanes) is 2. The van der Waals surface area contributed by atoms with Gasteiger partial charge in [0.15, 0.2) is 0 Å². The Morgan fingerprint density at radius 1 is 0.553 bits per heavy atom. The second-order valence-electron chi connectivity index (χ2n) is 13.1. The summed E-state index contributed by atoms with van der Waals surface area (Å²) >= 11 is 8.69. The maximum absolute atomic E-state index is 15.8. The summed E-state index contributed by atoms with van der Waals surface area (Å²) in [5.74, 6) is 0.881. The Bertz CT molecular complexity index is 1840. The van der Waals surface area contributed by atoms with Crippen LogP contribution in [0.4, 0.5) is 8.78 Å². The van der Waals surface area contributed by atoms with Crippen molar-refractivity contribution in [3.05, 3.63) is 67.5 Å². The lowest BCUT2D eigenvalue weighted by Gasteiger charge is -2.13. The Hall–Kier alpha value is -1.90. The van der Waals surface area contributed by atoms with Gasteiger partial charge in [0.2, 0.25) is 0 Å². The van der Waals surface area contributed by atoms with Crippen molar-refractivity contribution in [3.8, 4) is 30.6 Å². The van der Waals surface area contributed by atoms with Crippen LogP contribution < -0.4 is 0 Å². The molecule has 0 nitrogen and oxygen atoms in total. The molecule has 0 saturated heterocycles. The molecule has 2 unspecified atom stereocenters. The van der Waals surface area contributed by atoms with Crippen molar-refractivity contribution < 1.29 is 8.78 Å². The van der Waals surface area contributed by atoms with Crippen LogP contribution in [0.25, 0.3) is 50.8 Å². The predicted octanol–water partition coefficient (Wildman–Crippen LogP) is 15.7. The van der Waals surface area contributed by atoms with Crippen LogP contribution in [0.5, 0.6) is 0 Å². The smallest absolute Gasteiger partial charge is 0.137 e. The fourth-order valence-corrected chi connectivity index (χ4v) is 12.7. The third kappa shape index (κ3) is 7.35. The fraction of sp³-hybridized carbons (Fsp3) is 0.450. The molecule has 0 aliphatic rings. The van der Waals surface area contributed by atoms with Crippen LogP contribution in [0.3, 0.4) is 0 Å². The van der Waals surface area contributed by atoms with Crippen LogP contribution in [-0.4, -0.2) is 0 Å². The Balaban J connectivity index is 1.54. The molecule has 47 heavy (non-hydrogen) atoms. The zero-order chi connectivity index (χ0) is 33.2. The lowest BCUT2D eigenvalue weighted by atomic mass is 9.95. The second-order valence-corrected chi connectivity index (χ2v) is 19.0. The van der Waals surface area contributed by atoms with Gasteiger partial charge in [-0.2, -0.15) is 0 Å². The van der Waals surface area contributed by atoms with Crippen LogP contribution >= 0.6 is 56.7 Å². The van der Waals surface area contributed by atoms with Crippen LogP contribution in [0, 0.1) is 37.3 Å². The normalized spacial score (nSPS) is 13.4. The molecule has 6 aromatic rings. The molecule has 0 aliphatic carbocycles. The summed E-state index contributed by atoms with van der Waals surface area (Å²) < 4.78 is 33.9. The van der Waals surface area contributed by atoms with Crippen LogP contribution in [0.1, 0.15) is 98.6 Å². The van der Waals surface area contributed by atoms with Gasteiger partial charge in [0.25, 0.3) is 0 Å². The Labute approximate surface area is 299 Å². The lowest BCUT2D eigenvalue weighted by Crippen LogP contribution is -2.03. The van der Waals surface area contributed by atoms with Crippen molar-refractivity contribution in [3.63, 3.8) is 0 Å². The molecule has 1 aromatic carbocycles. The monoisotopic (exact) mass is 724 g/mol. The molecule has 0 amide bonds. The Kier molecular flexibility index (Phi) is 11.4. The van der Waals surface area contributed by atoms with Crippen molar-refractivity contribution in [2.24, 2.45) is 11.8 Å². The van der Waals surface area contributed by atoms with Crippen LogP contribution in [0.15, 0.2) is 36.4 Å². The van der Waals surface area contributed by atoms with E-state index >= 15 is 8.78 Å². The van der Waals surface area contributed by atoms with Gasteiger partial charge in [-0.25, -0.2) is 8.78 Å². The molecule has 0 fully saturated rings. The van der Waals surface area contributed by atoms with E-state index in [1.165, 1.54) is 60.0 Å². The van der Waals surface area contributed by atoms with Gasteiger partial charge in [0.1, 0.15) is 11.6 Å². The number of thiophene rings is 5. The molecule has 7 heteroatoms. The van der Waals surface area contributed by atoms with Gasteiger partial charge in [-0.3, -0.25) is 0 Å². The minimum Gasteiger partial charge on any atom is -0.206 e. The van der Waals surface area contributed by atoms with Crippen molar-refractivity contribution in [1.82, 2.24) is 0 Å². The quantitative estimate of drug-likeness (QED) is 0.0989. The fourth-order valence-electron chi connectivity index (χ4n) is 6.82. The highest BCUT2D eigenvalue weighted by molar-refractivity contribution is 7.27. The average Bonchev–Trinajstić information content (AvgIpc) is 3.88. The summed E-state index contributed by atoms with van der Waals surface area (Å²) in [5, 5.41) is 2.33. The third-order valence-corrected chi connectivity index (χ3v) is 15.3. The summed E-state index contributed by atoms with van der Waals surface area (Å²) in [6.45, 7) is 13.2. The van der Waals surface area contributed by atoms with E-state index in [1.54, 1.807) is 46.1 Å². The topological polar surface area (TPSA) is 0 Å². The maximum atomic E-state index is 15.8. The molecule has 5 aromatic heterocycles. The van der Waals surface area contributed by atoms with Gasteiger partial charge in [-0.1, -0.05) is 79.1 Å². The molecular formula is C40H46F2S5. The summed E-state index contributed by atoms with van der Waals surface area (Å²) in [6, 6.07) is 12.6. The highest BCUT2D eigenvalue weighted by Crippen LogP contribution is 2.54. The van der Waals surface area contributed by atoms with Gasteiger partial charge in [-0.15, -0.1) is 56.7 Å². The molecular weight excluding hydrogens is 679 g/mol. The number of hydrogen-bond donors (Lipinski definition) is 0. The molecule has 0 aliphatic heterocycles. The summed E-state index contributed by atoms with van der Waals surface area (Å²) in [6.07, 6.45) is 10.8. The van der Waals surface area contributed by atoms with E-state index < -0.39 is 0 Å². The number of fused-ring (bicyclic) bond motifs is 2. The molecule has 0 bridgehead atoms. The van der Waals surface area contributed by atoms with E-state index in [4.69, 9.17) is 0 Å². The predicted molar refractivity (Wildman–Crippen MR) is 211 cm³/mol. The molecule has 5 heterocycles. The zero-order valence-electron chi connectivity index (χ0n) is 28.5. The highest BCUT2D eigenvalue weighted by atomic mass is 32.1. The van der Waals surface area contributed by atoms with Crippen molar-refractivity contribution in [1.29, 1.82) is 0 Å². The Morgan fingerprint density at radius 3 is 1.57 bits per heavy atom. The molecule has 2 atom stereocenters. The average molecular weight is 725 g/mol. The van der Waals surface area contributed by atoms with Gasteiger partial charge < -0.3 is 0 Å².